The fourth-order valence-corrected chi connectivity index (χ4v) is 8.69. The number of rotatable bonds is 12. The molecule has 0 bridgehead atoms. The number of carbonyl (C=O) groups is 2. The second-order valence-corrected chi connectivity index (χ2v) is 16.2. The van der Waals surface area contributed by atoms with Crippen LogP contribution in [0.5, 0.6) is 28.7 Å². The van der Waals surface area contributed by atoms with E-state index in [1.165, 1.54) is 61.7 Å². The van der Waals surface area contributed by atoms with E-state index in [9.17, 15) is 65.4 Å². The van der Waals surface area contributed by atoms with E-state index in [1.807, 2.05) is 0 Å². The van der Waals surface area contributed by atoms with Crippen molar-refractivity contribution in [2.45, 2.75) is 73.2 Å². The molecule has 10 N–H and O–H groups in total. The molecule has 3 fully saturated rings. The first-order valence-corrected chi connectivity index (χ1v) is 20.7. The number of phenols is 3. The first kappa shape index (κ1) is 46.2. The first-order chi connectivity index (χ1) is 31.6. The summed E-state index contributed by atoms with van der Waals surface area (Å²) in [6.07, 6.45) is -16.4. The molecule has 5 aromatic rings. The van der Waals surface area contributed by atoms with Crippen LogP contribution in [0.4, 0.5) is 0 Å². The minimum Gasteiger partial charge on any atom is -0.508 e. The Morgan fingerprint density at radius 1 is 0.606 bits per heavy atom. The van der Waals surface area contributed by atoms with Gasteiger partial charge in [0.1, 0.15) is 101 Å². The van der Waals surface area contributed by atoms with Gasteiger partial charge in [0.2, 0.25) is 12.6 Å². The Kier molecular flexibility index (Phi) is 13.2. The third-order valence-electron chi connectivity index (χ3n) is 12.2. The van der Waals surface area contributed by atoms with Crippen LogP contribution >= 0.6 is 0 Å². The molecule has 350 valence electrons. The average Bonchev–Trinajstić information content (AvgIpc) is 3.29. The lowest BCUT2D eigenvalue weighted by Gasteiger charge is -2.49. The van der Waals surface area contributed by atoms with Crippen molar-refractivity contribution < 1.29 is 93.5 Å². The van der Waals surface area contributed by atoms with Gasteiger partial charge >= 0.3 is 11.9 Å². The van der Waals surface area contributed by atoms with Crippen molar-refractivity contribution in [3.63, 3.8) is 0 Å². The Labute approximate surface area is 373 Å². The van der Waals surface area contributed by atoms with Crippen molar-refractivity contribution in [3.05, 3.63) is 112 Å². The summed E-state index contributed by atoms with van der Waals surface area (Å²) in [6, 6.07) is 21.3. The Balaban J connectivity index is 0.982. The van der Waals surface area contributed by atoms with Crippen molar-refractivity contribution in [1.29, 1.82) is 0 Å². The van der Waals surface area contributed by atoms with Crippen LogP contribution in [0.2, 0.25) is 0 Å². The summed E-state index contributed by atoms with van der Waals surface area (Å²) in [5, 5.41) is 103. The van der Waals surface area contributed by atoms with Gasteiger partial charge in [-0.15, -0.1) is 0 Å². The highest BCUT2D eigenvalue weighted by Crippen LogP contribution is 2.59. The first-order valence-electron chi connectivity index (χ1n) is 20.7. The van der Waals surface area contributed by atoms with E-state index >= 15 is 0 Å². The van der Waals surface area contributed by atoms with Crippen LogP contribution in [0.25, 0.3) is 22.3 Å². The van der Waals surface area contributed by atoms with Gasteiger partial charge in [-0.25, -0.2) is 0 Å². The molecule has 0 unspecified atom stereocenters. The van der Waals surface area contributed by atoms with Crippen molar-refractivity contribution >= 4 is 22.9 Å². The molecule has 0 amide bonds. The zero-order chi connectivity index (χ0) is 47.1. The summed E-state index contributed by atoms with van der Waals surface area (Å²) in [6.45, 7) is -1.35. The molecule has 1 aliphatic carbocycles. The fourth-order valence-electron chi connectivity index (χ4n) is 8.69. The lowest BCUT2D eigenvalue weighted by molar-refractivity contribution is -0.279. The Morgan fingerprint density at radius 3 is 1.67 bits per heavy atom. The van der Waals surface area contributed by atoms with E-state index in [1.54, 1.807) is 24.3 Å². The molecule has 3 heterocycles. The summed E-state index contributed by atoms with van der Waals surface area (Å²) in [5.41, 5.74) is 0.689. The zero-order valence-corrected chi connectivity index (χ0v) is 34.7. The highest BCUT2D eigenvalue weighted by atomic mass is 16.7. The molecule has 0 radical (unpaired) electrons. The number of aliphatic hydroxyl groups excluding tert-OH is 7. The van der Waals surface area contributed by atoms with Crippen molar-refractivity contribution in [2.75, 3.05) is 20.3 Å². The number of esters is 2. The Morgan fingerprint density at radius 2 is 1.12 bits per heavy atom. The average molecular weight is 919 g/mol. The zero-order valence-electron chi connectivity index (χ0n) is 34.7. The normalized spacial score (nSPS) is 30.8. The highest BCUT2D eigenvalue weighted by Gasteiger charge is 2.60. The van der Waals surface area contributed by atoms with E-state index in [2.05, 4.69) is 0 Å². The van der Waals surface area contributed by atoms with E-state index in [4.69, 9.17) is 32.8 Å². The van der Waals surface area contributed by atoms with Crippen LogP contribution in [0, 0.1) is 11.8 Å². The van der Waals surface area contributed by atoms with E-state index in [0.29, 0.717) is 16.7 Å². The van der Waals surface area contributed by atoms with Crippen LogP contribution in [0.3, 0.4) is 0 Å². The minimum absolute atomic E-state index is 0.0146. The maximum atomic E-state index is 14.0. The number of hydrogen-bond acceptors (Lipinski definition) is 20. The Hall–Kier alpha value is -6.33. The SMILES string of the molecule is COC(=O)[C@H]1[C@H](C(=O)OC[C@H]2O[C@@H](Oc3cc(O)c4c(=O)cc(-c5ccc(O[C@@H]6O[C@H](CO)[C@@H](O)[C@H](O)[C@H]6O)cc5)oc4c3)[C@H](O)[C@@H](O)[C@@H]2O)[C@H](c2ccc(O)cc2)[C@H]1c1ccc(O)cc1. The summed E-state index contributed by atoms with van der Waals surface area (Å²) in [7, 11) is 1.17. The molecule has 3 aliphatic rings. The van der Waals surface area contributed by atoms with Gasteiger partial charge in [0, 0.05) is 35.6 Å². The largest absolute Gasteiger partial charge is 0.508 e. The minimum atomic E-state index is -1.91. The maximum Gasteiger partial charge on any atom is 0.310 e. The number of phenolic OH excluding ortho intramolecular Hbond substituents is 3. The lowest BCUT2D eigenvalue weighted by atomic mass is 9.52. The van der Waals surface area contributed by atoms with Gasteiger partial charge in [-0.2, -0.15) is 0 Å². The summed E-state index contributed by atoms with van der Waals surface area (Å²) >= 11 is 0. The van der Waals surface area contributed by atoms with E-state index < -0.39 is 121 Å². The van der Waals surface area contributed by atoms with Gasteiger partial charge in [-0.1, -0.05) is 24.3 Å². The summed E-state index contributed by atoms with van der Waals surface area (Å²) < 4.78 is 39.3. The number of carbonyl (C=O) groups excluding carboxylic acids is 2. The molecule has 8 rings (SSSR count). The van der Waals surface area contributed by atoms with Gasteiger partial charge < -0.3 is 83.9 Å². The molecule has 66 heavy (non-hydrogen) atoms. The van der Waals surface area contributed by atoms with Gasteiger partial charge in [0.25, 0.3) is 0 Å². The standard InChI is InChI=1S/C46H46O20/c1-60-43(58)35-32(20-2-8-22(48)9-3-20)33(21-4-10-23(49)11-5-21)36(35)44(59)61-18-31-38(53)40(55)42(57)46(66-31)63-25-14-26(50)34-27(51)16-28(64-29(34)15-25)19-6-12-24(13-7-19)62-45-41(56)39(54)37(52)30(17-47)65-45/h2-16,30-33,35-42,45-50,52-57H,17-18H2,1H3/t30-,31-,32-,33-,35-,36-,37-,38-,39+,40+,41-,42-,45-,46-/m1/s1. The molecule has 20 nitrogen and oxygen atoms in total. The second-order valence-electron chi connectivity index (χ2n) is 16.2. The van der Waals surface area contributed by atoms with Crippen molar-refractivity contribution in [2.24, 2.45) is 11.8 Å². The van der Waals surface area contributed by atoms with Crippen LogP contribution in [0.15, 0.2) is 100 Å². The van der Waals surface area contributed by atoms with Crippen LogP contribution in [-0.2, 0) is 28.5 Å². The number of hydrogen-bond donors (Lipinski definition) is 10. The molecular weight excluding hydrogens is 872 g/mol. The second kappa shape index (κ2) is 18.9. The maximum absolute atomic E-state index is 14.0. The van der Waals surface area contributed by atoms with Gasteiger partial charge in [0.15, 0.2) is 5.43 Å². The number of aromatic hydroxyl groups is 3. The van der Waals surface area contributed by atoms with Crippen LogP contribution in [0.1, 0.15) is 23.0 Å². The molecule has 0 spiro atoms. The molecular formula is C46H46O20. The lowest BCUT2D eigenvalue weighted by Crippen LogP contribution is -2.60. The van der Waals surface area contributed by atoms with Gasteiger partial charge in [0.05, 0.1) is 25.6 Å². The van der Waals surface area contributed by atoms with E-state index in [-0.39, 0.29) is 39.7 Å². The Bertz CT molecular complexity index is 2580. The third-order valence-corrected chi connectivity index (χ3v) is 12.2. The molecule has 2 aliphatic heterocycles. The number of benzene rings is 4. The molecule has 1 saturated carbocycles. The van der Waals surface area contributed by atoms with Gasteiger partial charge in [-0.3, -0.25) is 14.4 Å². The van der Waals surface area contributed by atoms with Crippen molar-refractivity contribution in [3.8, 4) is 40.1 Å². The molecule has 2 saturated heterocycles. The van der Waals surface area contributed by atoms with Gasteiger partial charge in [-0.05, 0) is 59.7 Å². The van der Waals surface area contributed by atoms with E-state index in [0.717, 1.165) is 12.1 Å². The molecule has 4 aromatic carbocycles. The number of fused-ring (bicyclic) bond motifs is 1. The molecule has 14 atom stereocenters. The monoisotopic (exact) mass is 918 g/mol. The topological polar surface area (TPSA) is 322 Å². The number of aliphatic hydroxyl groups is 7. The highest BCUT2D eigenvalue weighted by molar-refractivity contribution is 5.88. The van der Waals surface area contributed by atoms with Crippen molar-refractivity contribution in [1.82, 2.24) is 0 Å². The molecule has 1 aromatic heterocycles. The fraction of sp³-hybridized carbons (Fsp3) is 0.370. The predicted octanol–water partition coefficient (Wildman–Crippen LogP) is 0.472. The quantitative estimate of drug-likeness (QED) is 0.0761. The van der Waals surface area contributed by atoms with Crippen LogP contribution < -0.4 is 14.9 Å². The summed E-state index contributed by atoms with van der Waals surface area (Å²) in [4.78, 5) is 40.4. The third kappa shape index (κ3) is 8.85. The number of ether oxygens (including phenoxy) is 6. The molecule has 20 heteroatoms. The van der Waals surface area contributed by atoms with Crippen LogP contribution in [-0.4, -0.2) is 145 Å². The summed E-state index contributed by atoms with van der Waals surface area (Å²) in [5.74, 6) is -5.85. The predicted molar refractivity (Wildman–Crippen MR) is 223 cm³/mol. The number of methoxy groups -OCH3 is 1. The smallest absolute Gasteiger partial charge is 0.310 e.